The van der Waals surface area contributed by atoms with Crippen LogP contribution in [0.25, 0.3) is 0 Å². The zero-order valence-corrected chi connectivity index (χ0v) is 10.8. The highest BCUT2D eigenvalue weighted by atomic mass is 32.2. The van der Waals surface area contributed by atoms with Gasteiger partial charge in [0.05, 0.1) is 5.69 Å². The first kappa shape index (κ1) is 13.5. The van der Waals surface area contributed by atoms with E-state index in [1.807, 2.05) is 6.92 Å². The fourth-order valence-corrected chi connectivity index (χ4v) is 2.79. The maximum atomic E-state index is 12.4. The van der Waals surface area contributed by atoms with Crippen LogP contribution in [0.5, 0.6) is 0 Å². The molecule has 1 aliphatic heterocycles. The summed E-state index contributed by atoms with van der Waals surface area (Å²) in [6.45, 7) is 2.71. The fourth-order valence-electron chi connectivity index (χ4n) is 1.75. The second kappa shape index (κ2) is 5.34. The van der Waals surface area contributed by atoms with Crippen LogP contribution in [0.4, 0.5) is 19.0 Å². The molecule has 0 atom stereocenters. The molecule has 2 rings (SSSR count). The van der Waals surface area contributed by atoms with Crippen molar-refractivity contribution in [3.63, 3.8) is 0 Å². The molecular formula is C11H14F3N3S. The molecule has 2 heterocycles. The highest BCUT2D eigenvalue weighted by Gasteiger charge is 2.31. The van der Waals surface area contributed by atoms with Crippen LogP contribution in [0.15, 0.2) is 0 Å². The summed E-state index contributed by atoms with van der Waals surface area (Å²) in [6.07, 6.45) is -4.42. The normalized spacial score (nSPS) is 14.7. The molecular weight excluding hydrogens is 263 g/mol. The number of rotatable bonds is 4. The van der Waals surface area contributed by atoms with Crippen LogP contribution in [0.1, 0.15) is 30.4 Å². The second-order valence-electron chi connectivity index (χ2n) is 4.13. The highest BCUT2D eigenvalue weighted by Crippen LogP contribution is 2.33. The van der Waals surface area contributed by atoms with Gasteiger partial charge < -0.3 is 5.32 Å². The number of anilines is 1. The number of thioether (sulfide) groups is 1. The Hall–Kier alpha value is -0.980. The lowest BCUT2D eigenvalue weighted by Crippen LogP contribution is -2.17. The van der Waals surface area contributed by atoms with Gasteiger partial charge in [0.1, 0.15) is 18.1 Å². The first-order valence-electron chi connectivity index (χ1n) is 5.76. The van der Waals surface area contributed by atoms with Gasteiger partial charge in [0.25, 0.3) is 0 Å². The summed E-state index contributed by atoms with van der Waals surface area (Å²) in [4.78, 5) is 8.03. The van der Waals surface area contributed by atoms with Gasteiger partial charge in [0, 0.05) is 23.6 Å². The molecule has 0 amide bonds. The second-order valence-corrected chi connectivity index (χ2v) is 5.11. The van der Waals surface area contributed by atoms with E-state index >= 15 is 0 Å². The van der Waals surface area contributed by atoms with Crippen molar-refractivity contribution in [3.8, 4) is 0 Å². The molecule has 0 saturated heterocycles. The number of hydrogen-bond donors (Lipinski definition) is 1. The van der Waals surface area contributed by atoms with E-state index in [2.05, 4.69) is 15.3 Å². The Morgan fingerprint density at radius 3 is 2.72 bits per heavy atom. The maximum absolute atomic E-state index is 12.4. The van der Waals surface area contributed by atoms with E-state index in [-0.39, 0.29) is 5.82 Å². The van der Waals surface area contributed by atoms with E-state index in [9.17, 15) is 13.2 Å². The molecule has 0 aromatic carbocycles. The number of hydrogen-bond acceptors (Lipinski definition) is 4. The van der Waals surface area contributed by atoms with Crippen LogP contribution >= 0.6 is 11.8 Å². The summed E-state index contributed by atoms with van der Waals surface area (Å²) in [6, 6.07) is 0. The van der Waals surface area contributed by atoms with Crippen molar-refractivity contribution in [2.45, 2.75) is 37.4 Å². The van der Waals surface area contributed by atoms with Gasteiger partial charge in [-0.2, -0.15) is 24.9 Å². The minimum Gasteiger partial charge on any atom is -0.370 e. The predicted molar refractivity (Wildman–Crippen MR) is 65.6 cm³/mol. The SMILES string of the molecule is CCCNc1nc(CC(F)(F)F)nc2c1CSC2. The number of halogens is 3. The molecule has 100 valence electrons. The van der Waals surface area contributed by atoms with Crippen LogP contribution in [-0.4, -0.2) is 22.7 Å². The topological polar surface area (TPSA) is 37.8 Å². The minimum atomic E-state index is -4.26. The summed E-state index contributed by atoms with van der Waals surface area (Å²) >= 11 is 1.65. The van der Waals surface area contributed by atoms with E-state index in [0.29, 0.717) is 18.1 Å². The predicted octanol–water partition coefficient (Wildman–Crippen LogP) is 3.15. The zero-order chi connectivity index (χ0) is 13.2. The molecule has 1 aromatic heterocycles. The molecule has 0 bridgehead atoms. The zero-order valence-electron chi connectivity index (χ0n) is 9.97. The van der Waals surface area contributed by atoms with Gasteiger partial charge >= 0.3 is 6.18 Å². The number of aromatic nitrogens is 2. The third-order valence-electron chi connectivity index (χ3n) is 2.53. The molecule has 0 unspecified atom stereocenters. The molecule has 7 heteroatoms. The van der Waals surface area contributed by atoms with Crippen LogP contribution < -0.4 is 5.32 Å². The van der Waals surface area contributed by atoms with Gasteiger partial charge in [0.15, 0.2) is 0 Å². The Morgan fingerprint density at radius 2 is 2.06 bits per heavy atom. The molecule has 1 N–H and O–H groups in total. The largest absolute Gasteiger partial charge is 0.396 e. The van der Waals surface area contributed by atoms with Crippen molar-refractivity contribution in [1.82, 2.24) is 9.97 Å². The van der Waals surface area contributed by atoms with Gasteiger partial charge in [0.2, 0.25) is 0 Å². The Morgan fingerprint density at radius 1 is 1.28 bits per heavy atom. The Labute approximate surface area is 108 Å². The van der Waals surface area contributed by atoms with E-state index in [1.54, 1.807) is 11.8 Å². The van der Waals surface area contributed by atoms with Gasteiger partial charge in [-0.3, -0.25) is 0 Å². The number of alkyl halides is 3. The van der Waals surface area contributed by atoms with E-state index in [0.717, 1.165) is 23.4 Å². The summed E-state index contributed by atoms with van der Waals surface area (Å²) in [5, 5.41) is 3.09. The third kappa shape index (κ3) is 3.28. The van der Waals surface area contributed by atoms with E-state index in [4.69, 9.17) is 0 Å². The van der Waals surface area contributed by atoms with Crippen molar-refractivity contribution in [3.05, 3.63) is 17.1 Å². The molecule has 0 fully saturated rings. The quantitative estimate of drug-likeness (QED) is 0.917. The molecule has 0 radical (unpaired) electrons. The van der Waals surface area contributed by atoms with Crippen molar-refractivity contribution in [1.29, 1.82) is 0 Å². The Kier molecular flexibility index (Phi) is 3.99. The Balaban J connectivity index is 2.27. The van der Waals surface area contributed by atoms with E-state index in [1.165, 1.54) is 0 Å². The molecule has 18 heavy (non-hydrogen) atoms. The van der Waals surface area contributed by atoms with Crippen molar-refractivity contribution >= 4 is 17.6 Å². The van der Waals surface area contributed by atoms with Crippen LogP contribution in [0.2, 0.25) is 0 Å². The lowest BCUT2D eigenvalue weighted by molar-refractivity contribution is -0.128. The molecule has 1 aliphatic rings. The Bertz CT molecular complexity index is 434. The van der Waals surface area contributed by atoms with E-state index < -0.39 is 12.6 Å². The average Bonchev–Trinajstić information content (AvgIpc) is 2.71. The number of fused-ring (bicyclic) bond motifs is 1. The van der Waals surface area contributed by atoms with Crippen molar-refractivity contribution < 1.29 is 13.2 Å². The van der Waals surface area contributed by atoms with Crippen LogP contribution in [-0.2, 0) is 17.9 Å². The summed E-state index contributed by atoms with van der Waals surface area (Å²) < 4.78 is 37.1. The van der Waals surface area contributed by atoms with Gasteiger partial charge in [-0.15, -0.1) is 0 Å². The summed E-state index contributed by atoms with van der Waals surface area (Å²) in [7, 11) is 0. The first-order chi connectivity index (χ1) is 8.49. The minimum absolute atomic E-state index is 0.137. The smallest absolute Gasteiger partial charge is 0.370 e. The van der Waals surface area contributed by atoms with Crippen molar-refractivity contribution in [2.24, 2.45) is 0 Å². The van der Waals surface area contributed by atoms with Gasteiger partial charge in [-0.1, -0.05) is 6.92 Å². The van der Waals surface area contributed by atoms with Crippen LogP contribution in [0, 0.1) is 0 Å². The standard InChI is InChI=1S/C11H14F3N3S/c1-2-3-15-10-7-5-18-6-8(7)16-9(17-10)4-11(12,13)14/h2-6H2,1H3,(H,15,16,17). The lowest BCUT2D eigenvalue weighted by Gasteiger charge is -2.12. The monoisotopic (exact) mass is 277 g/mol. The maximum Gasteiger partial charge on any atom is 0.396 e. The molecule has 1 aromatic rings. The molecule has 0 saturated carbocycles. The van der Waals surface area contributed by atoms with Gasteiger partial charge in [-0.05, 0) is 6.42 Å². The molecule has 0 aliphatic carbocycles. The third-order valence-corrected chi connectivity index (χ3v) is 3.50. The number of nitrogens with zero attached hydrogens (tertiary/aromatic N) is 2. The van der Waals surface area contributed by atoms with Crippen LogP contribution in [0.3, 0.4) is 0 Å². The van der Waals surface area contributed by atoms with Crippen molar-refractivity contribution in [2.75, 3.05) is 11.9 Å². The average molecular weight is 277 g/mol. The first-order valence-corrected chi connectivity index (χ1v) is 6.92. The van der Waals surface area contributed by atoms with Gasteiger partial charge in [-0.25, -0.2) is 9.97 Å². The fraction of sp³-hybridized carbons (Fsp3) is 0.636. The summed E-state index contributed by atoms with van der Waals surface area (Å²) in [5.74, 6) is 1.88. The number of nitrogens with one attached hydrogen (secondary N) is 1. The summed E-state index contributed by atoms with van der Waals surface area (Å²) in [5.41, 5.74) is 1.70. The molecule has 3 nitrogen and oxygen atoms in total. The molecule has 0 spiro atoms. The lowest BCUT2D eigenvalue weighted by atomic mass is 10.2. The highest BCUT2D eigenvalue weighted by molar-refractivity contribution is 7.98.